The van der Waals surface area contributed by atoms with Crippen LogP contribution in [-0.4, -0.2) is 40.6 Å². The van der Waals surface area contributed by atoms with E-state index in [1.807, 2.05) is 18.7 Å². The van der Waals surface area contributed by atoms with E-state index >= 15 is 0 Å². The van der Waals surface area contributed by atoms with Crippen molar-refractivity contribution in [2.45, 2.75) is 51.6 Å². The van der Waals surface area contributed by atoms with Gasteiger partial charge in [-0.15, -0.1) is 0 Å². The third kappa shape index (κ3) is 4.00. The van der Waals surface area contributed by atoms with E-state index in [0.29, 0.717) is 17.4 Å². The Morgan fingerprint density at radius 1 is 1.32 bits per heavy atom. The summed E-state index contributed by atoms with van der Waals surface area (Å²) in [6.45, 7) is 3.65. The fourth-order valence-electron chi connectivity index (χ4n) is 3.02. The summed E-state index contributed by atoms with van der Waals surface area (Å²) in [4.78, 5) is 25.3. The Morgan fingerprint density at radius 2 is 2.00 bits per heavy atom. The van der Waals surface area contributed by atoms with Crippen molar-refractivity contribution >= 4 is 11.9 Å². The molecule has 0 atom stereocenters. The molecule has 0 saturated heterocycles. The number of carbonyl (C=O) groups excluding carboxylic acids is 1. The number of rotatable bonds is 6. The van der Waals surface area contributed by atoms with E-state index < -0.39 is 12.6 Å². The number of hydrogen-bond donors (Lipinski definition) is 1. The van der Waals surface area contributed by atoms with Gasteiger partial charge in [0.05, 0.1) is 0 Å². The van der Waals surface area contributed by atoms with E-state index in [1.54, 1.807) is 24.3 Å². The van der Waals surface area contributed by atoms with Crippen LogP contribution >= 0.6 is 0 Å². The van der Waals surface area contributed by atoms with Crippen molar-refractivity contribution in [3.05, 3.63) is 29.8 Å². The first-order valence-electron chi connectivity index (χ1n) is 7.76. The number of aliphatic carboxylic acids is 1. The molecule has 0 radical (unpaired) electrons. The second-order valence-electron chi connectivity index (χ2n) is 5.95. The second-order valence-corrected chi connectivity index (χ2v) is 5.95. The number of ether oxygens (including phenoxy) is 1. The number of hydrogen-bond acceptors (Lipinski definition) is 3. The molecule has 0 heterocycles. The van der Waals surface area contributed by atoms with E-state index in [4.69, 9.17) is 9.84 Å². The number of nitrogens with zero attached hydrogens (tertiary/aromatic N) is 1. The first kappa shape index (κ1) is 16.3. The summed E-state index contributed by atoms with van der Waals surface area (Å²) < 4.78 is 5.15. The minimum absolute atomic E-state index is 0.0114. The minimum Gasteiger partial charge on any atom is -0.482 e. The molecule has 1 aromatic rings. The highest BCUT2D eigenvalue weighted by molar-refractivity contribution is 5.95. The molecule has 5 nitrogen and oxygen atoms in total. The quantitative estimate of drug-likeness (QED) is 0.877. The number of carboxylic acid groups (broad SMARTS) is 1. The van der Waals surface area contributed by atoms with Crippen LogP contribution in [0.3, 0.4) is 0 Å². The third-order valence-corrected chi connectivity index (χ3v) is 3.95. The van der Waals surface area contributed by atoms with Crippen LogP contribution in [0.4, 0.5) is 0 Å². The lowest BCUT2D eigenvalue weighted by atomic mass is 10.1. The Balaban J connectivity index is 2.15. The van der Waals surface area contributed by atoms with Crippen LogP contribution in [0.5, 0.6) is 5.75 Å². The molecule has 0 aromatic heterocycles. The van der Waals surface area contributed by atoms with E-state index in [9.17, 15) is 9.59 Å². The van der Waals surface area contributed by atoms with Crippen LogP contribution in [-0.2, 0) is 4.79 Å². The van der Waals surface area contributed by atoms with Gasteiger partial charge in [0.25, 0.3) is 5.91 Å². The molecule has 0 spiro atoms. The summed E-state index contributed by atoms with van der Waals surface area (Å²) in [6, 6.07) is 7.19. The highest BCUT2D eigenvalue weighted by Gasteiger charge is 2.29. The van der Waals surface area contributed by atoms with Crippen molar-refractivity contribution in [3.63, 3.8) is 0 Å². The topological polar surface area (TPSA) is 66.8 Å². The van der Waals surface area contributed by atoms with Crippen molar-refractivity contribution in [1.29, 1.82) is 0 Å². The summed E-state index contributed by atoms with van der Waals surface area (Å²) in [7, 11) is 0. The first-order chi connectivity index (χ1) is 10.5. The number of benzene rings is 1. The van der Waals surface area contributed by atoms with Gasteiger partial charge >= 0.3 is 5.97 Å². The van der Waals surface area contributed by atoms with Gasteiger partial charge in [-0.1, -0.05) is 18.9 Å². The number of carboxylic acids is 1. The second kappa shape index (κ2) is 7.29. The average Bonchev–Trinajstić information content (AvgIpc) is 2.99. The fraction of sp³-hybridized carbons (Fsp3) is 0.529. The molecule has 1 fully saturated rings. The van der Waals surface area contributed by atoms with Gasteiger partial charge < -0.3 is 14.7 Å². The zero-order valence-electron chi connectivity index (χ0n) is 13.1. The predicted octanol–water partition coefficient (Wildman–Crippen LogP) is 2.94. The van der Waals surface area contributed by atoms with Gasteiger partial charge in [0.2, 0.25) is 0 Å². The van der Waals surface area contributed by atoms with Crippen LogP contribution in [0, 0.1) is 0 Å². The summed E-state index contributed by atoms with van der Waals surface area (Å²) in [6.07, 6.45) is 4.45. The van der Waals surface area contributed by atoms with Gasteiger partial charge in [0.15, 0.2) is 6.61 Å². The Bertz CT molecular complexity index is 535. The molecule has 1 aliphatic rings. The molecule has 22 heavy (non-hydrogen) atoms. The lowest BCUT2D eigenvalue weighted by Crippen LogP contribution is -2.43. The number of amides is 1. The molecule has 1 aromatic carbocycles. The van der Waals surface area contributed by atoms with Crippen LogP contribution < -0.4 is 4.74 Å². The summed E-state index contributed by atoms with van der Waals surface area (Å²) in [5.41, 5.74) is 0.545. The van der Waals surface area contributed by atoms with Gasteiger partial charge in [0, 0.05) is 17.6 Å². The Morgan fingerprint density at radius 3 is 2.59 bits per heavy atom. The van der Waals surface area contributed by atoms with Crippen molar-refractivity contribution in [3.8, 4) is 5.75 Å². The van der Waals surface area contributed by atoms with Gasteiger partial charge in [-0.25, -0.2) is 4.79 Å². The lowest BCUT2D eigenvalue weighted by Gasteiger charge is -2.33. The zero-order chi connectivity index (χ0) is 16.1. The first-order valence-corrected chi connectivity index (χ1v) is 7.76. The largest absolute Gasteiger partial charge is 0.482 e. The Kier molecular flexibility index (Phi) is 5.41. The van der Waals surface area contributed by atoms with E-state index in [0.717, 1.165) is 12.8 Å². The molecule has 5 heteroatoms. The van der Waals surface area contributed by atoms with Crippen molar-refractivity contribution < 1.29 is 19.4 Å². The van der Waals surface area contributed by atoms with Crippen molar-refractivity contribution in [2.75, 3.05) is 6.61 Å². The highest BCUT2D eigenvalue weighted by atomic mass is 16.5. The molecule has 0 aliphatic heterocycles. The molecule has 1 saturated carbocycles. The van der Waals surface area contributed by atoms with Crippen LogP contribution in [0.2, 0.25) is 0 Å². The van der Waals surface area contributed by atoms with Gasteiger partial charge in [0.1, 0.15) is 5.75 Å². The Labute approximate surface area is 130 Å². The van der Waals surface area contributed by atoms with Crippen molar-refractivity contribution in [1.82, 2.24) is 4.90 Å². The minimum atomic E-state index is -1.04. The van der Waals surface area contributed by atoms with Gasteiger partial charge in [-0.2, -0.15) is 0 Å². The van der Waals surface area contributed by atoms with E-state index in [1.165, 1.54) is 12.8 Å². The molecule has 1 amide bonds. The smallest absolute Gasteiger partial charge is 0.341 e. The molecule has 0 unspecified atom stereocenters. The van der Waals surface area contributed by atoms with Crippen LogP contribution in [0.25, 0.3) is 0 Å². The van der Waals surface area contributed by atoms with E-state index in [-0.39, 0.29) is 11.9 Å². The SMILES string of the molecule is CC(C)N(C(=O)c1cccc(OCC(=O)O)c1)C1CCCC1. The molecular weight excluding hydrogens is 282 g/mol. The monoisotopic (exact) mass is 305 g/mol. The molecular formula is C17H23NO4. The predicted molar refractivity (Wildman–Crippen MR) is 83.1 cm³/mol. The molecule has 1 N–H and O–H groups in total. The lowest BCUT2D eigenvalue weighted by molar-refractivity contribution is -0.139. The van der Waals surface area contributed by atoms with E-state index in [2.05, 4.69) is 0 Å². The molecule has 1 aliphatic carbocycles. The van der Waals surface area contributed by atoms with Gasteiger partial charge in [-0.05, 0) is 44.9 Å². The number of carbonyl (C=O) groups is 2. The fourth-order valence-corrected chi connectivity index (χ4v) is 3.02. The van der Waals surface area contributed by atoms with Crippen LogP contribution in [0.15, 0.2) is 24.3 Å². The van der Waals surface area contributed by atoms with Crippen molar-refractivity contribution in [2.24, 2.45) is 0 Å². The summed E-state index contributed by atoms with van der Waals surface area (Å²) in [5, 5.41) is 8.66. The maximum atomic E-state index is 12.8. The summed E-state index contributed by atoms with van der Waals surface area (Å²) in [5.74, 6) is -0.641. The normalized spacial score (nSPS) is 15.0. The molecule has 0 bridgehead atoms. The maximum Gasteiger partial charge on any atom is 0.341 e. The molecule has 120 valence electrons. The van der Waals surface area contributed by atoms with Crippen LogP contribution in [0.1, 0.15) is 49.9 Å². The average molecular weight is 305 g/mol. The summed E-state index contributed by atoms with van der Waals surface area (Å²) >= 11 is 0. The Hall–Kier alpha value is -2.04. The third-order valence-electron chi connectivity index (χ3n) is 3.95. The maximum absolute atomic E-state index is 12.8. The standard InChI is InChI=1S/C17H23NO4/c1-12(2)18(14-7-3-4-8-14)17(21)13-6-5-9-15(10-13)22-11-16(19)20/h5-6,9-10,12,14H,3-4,7-8,11H2,1-2H3,(H,19,20). The highest BCUT2D eigenvalue weighted by Crippen LogP contribution is 2.27. The zero-order valence-corrected chi connectivity index (χ0v) is 13.1. The molecule has 2 rings (SSSR count). The van der Waals surface area contributed by atoms with Gasteiger partial charge in [-0.3, -0.25) is 4.79 Å².